The van der Waals surface area contributed by atoms with Gasteiger partial charge in [0.15, 0.2) is 5.78 Å². The van der Waals surface area contributed by atoms with Crippen molar-refractivity contribution in [2.75, 3.05) is 6.61 Å². The van der Waals surface area contributed by atoms with Crippen LogP contribution < -0.4 is 4.74 Å². The highest BCUT2D eigenvalue weighted by Gasteiger charge is 2.06. The minimum Gasteiger partial charge on any atom is -0.494 e. The average Bonchev–Trinajstić information content (AvgIpc) is 2.50. The zero-order valence-electron chi connectivity index (χ0n) is 13.7. The summed E-state index contributed by atoms with van der Waals surface area (Å²) in [6.45, 7) is 4.83. The lowest BCUT2D eigenvalue weighted by Gasteiger charge is -2.06. The Morgan fingerprint density at radius 3 is 2.29 bits per heavy atom. The van der Waals surface area contributed by atoms with Gasteiger partial charge in [-0.15, -0.1) is 0 Å². The summed E-state index contributed by atoms with van der Waals surface area (Å²) in [5, 5.41) is 0. The number of unbranched alkanes of at least 4 members (excludes halogenated alkanes) is 7. The Labute approximate surface area is 129 Å². The monoisotopic (exact) mass is 290 g/mol. The quantitative estimate of drug-likeness (QED) is 0.359. The lowest BCUT2D eigenvalue weighted by atomic mass is 10.0. The third kappa shape index (κ3) is 7.89. The maximum absolute atomic E-state index is 12.1. The predicted octanol–water partition coefficient (Wildman–Crippen LogP) is 5.80. The number of rotatable bonds is 12. The summed E-state index contributed by atoms with van der Waals surface area (Å²) >= 11 is 0. The Morgan fingerprint density at radius 2 is 1.62 bits per heavy atom. The zero-order chi connectivity index (χ0) is 15.3. The van der Waals surface area contributed by atoms with Gasteiger partial charge >= 0.3 is 0 Å². The third-order valence-corrected chi connectivity index (χ3v) is 3.72. The Kier molecular flexibility index (Phi) is 9.60. The van der Waals surface area contributed by atoms with Crippen LogP contribution in [0.15, 0.2) is 24.3 Å². The van der Waals surface area contributed by atoms with Crippen molar-refractivity contribution in [2.24, 2.45) is 0 Å². The van der Waals surface area contributed by atoms with E-state index in [2.05, 4.69) is 6.92 Å². The number of benzene rings is 1. The number of hydrogen-bond donors (Lipinski definition) is 0. The van der Waals surface area contributed by atoms with Gasteiger partial charge in [0.2, 0.25) is 0 Å². The predicted molar refractivity (Wildman–Crippen MR) is 89.2 cm³/mol. The molecule has 21 heavy (non-hydrogen) atoms. The minimum atomic E-state index is 0.238. The van der Waals surface area contributed by atoms with Crippen LogP contribution in [0.4, 0.5) is 0 Å². The Bertz CT molecular complexity index is 398. The summed E-state index contributed by atoms with van der Waals surface area (Å²) in [5.74, 6) is 1.03. The second kappa shape index (κ2) is 11.4. The fourth-order valence-electron chi connectivity index (χ4n) is 2.49. The first kappa shape index (κ1) is 17.7. The van der Waals surface area contributed by atoms with E-state index >= 15 is 0 Å². The molecule has 0 aliphatic carbocycles. The summed E-state index contributed by atoms with van der Waals surface area (Å²) in [6.07, 6.45) is 10.8. The highest BCUT2D eigenvalue weighted by atomic mass is 16.5. The number of Topliss-reactive ketones (excluding diaryl/α,β-unsaturated/α-hetero) is 1. The van der Waals surface area contributed by atoms with E-state index in [1.165, 1.54) is 44.9 Å². The van der Waals surface area contributed by atoms with Gasteiger partial charge < -0.3 is 4.74 Å². The molecule has 0 saturated heterocycles. The maximum Gasteiger partial charge on any atom is 0.163 e. The van der Waals surface area contributed by atoms with E-state index in [0.29, 0.717) is 13.0 Å². The molecule has 2 nitrogen and oxygen atoms in total. The van der Waals surface area contributed by atoms with Crippen LogP contribution in [0, 0.1) is 0 Å². The van der Waals surface area contributed by atoms with E-state index in [0.717, 1.165) is 17.7 Å². The lowest BCUT2D eigenvalue weighted by Crippen LogP contribution is -2.00. The molecule has 0 radical (unpaired) electrons. The standard InChI is InChI=1S/C19H30O2/c1-3-5-6-7-8-9-10-11-15-19(20)17-13-12-14-18(16-17)21-4-2/h12-14,16H,3-11,15H2,1-2H3. The number of ketones is 1. The summed E-state index contributed by atoms with van der Waals surface area (Å²) in [5.41, 5.74) is 0.781. The molecule has 1 aromatic rings. The van der Waals surface area contributed by atoms with Gasteiger partial charge in [-0.05, 0) is 25.5 Å². The number of hydrogen-bond acceptors (Lipinski definition) is 2. The molecule has 0 amide bonds. The molecule has 0 aromatic heterocycles. The molecule has 0 bridgehead atoms. The molecule has 0 heterocycles. The van der Waals surface area contributed by atoms with Crippen molar-refractivity contribution >= 4 is 5.78 Å². The van der Waals surface area contributed by atoms with Crippen molar-refractivity contribution < 1.29 is 9.53 Å². The highest BCUT2D eigenvalue weighted by molar-refractivity contribution is 5.96. The molecule has 0 aliphatic heterocycles. The van der Waals surface area contributed by atoms with Crippen LogP contribution in [0.3, 0.4) is 0 Å². The van der Waals surface area contributed by atoms with Crippen molar-refractivity contribution in [2.45, 2.75) is 71.6 Å². The first-order chi connectivity index (χ1) is 10.3. The SMILES string of the molecule is CCCCCCCCCCC(=O)c1cccc(OCC)c1. The molecule has 1 aromatic carbocycles. The Balaban J connectivity index is 2.17. The molecule has 2 heteroatoms. The van der Waals surface area contributed by atoms with E-state index < -0.39 is 0 Å². The van der Waals surface area contributed by atoms with E-state index in [9.17, 15) is 4.79 Å². The average molecular weight is 290 g/mol. The normalized spacial score (nSPS) is 10.6. The van der Waals surface area contributed by atoms with Gasteiger partial charge in [-0.3, -0.25) is 4.79 Å². The van der Waals surface area contributed by atoms with Gasteiger partial charge in [0.25, 0.3) is 0 Å². The smallest absolute Gasteiger partial charge is 0.163 e. The van der Waals surface area contributed by atoms with Crippen LogP contribution in [0.1, 0.15) is 82.0 Å². The number of carbonyl (C=O) groups excluding carboxylic acids is 1. The first-order valence-corrected chi connectivity index (χ1v) is 8.54. The van der Waals surface area contributed by atoms with Crippen molar-refractivity contribution in [3.05, 3.63) is 29.8 Å². The van der Waals surface area contributed by atoms with Crippen molar-refractivity contribution in [1.29, 1.82) is 0 Å². The van der Waals surface area contributed by atoms with E-state index in [1.807, 2.05) is 31.2 Å². The van der Waals surface area contributed by atoms with Crippen LogP contribution in [0.25, 0.3) is 0 Å². The van der Waals surface area contributed by atoms with Crippen LogP contribution in [-0.2, 0) is 0 Å². The second-order valence-corrected chi connectivity index (χ2v) is 5.61. The third-order valence-electron chi connectivity index (χ3n) is 3.72. The van der Waals surface area contributed by atoms with E-state index in [-0.39, 0.29) is 5.78 Å². The van der Waals surface area contributed by atoms with Crippen LogP contribution in [0.5, 0.6) is 5.75 Å². The van der Waals surface area contributed by atoms with E-state index in [4.69, 9.17) is 4.74 Å². The maximum atomic E-state index is 12.1. The summed E-state index contributed by atoms with van der Waals surface area (Å²) in [6, 6.07) is 7.54. The van der Waals surface area contributed by atoms with Gasteiger partial charge in [-0.25, -0.2) is 0 Å². The van der Waals surface area contributed by atoms with Gasteiger partial charge in [0.1, 0.15) is 5.75 Å². The van der Waals surface area contributed by atoms with Crippen molar-refractivity contribution in [1.82, 2.24) is 0 Å². The topological polar surface area (TPSA) is 26.3 Å². The Morgan fingerprint density at radius 1 is 0.952 bits per heavy atom. The molecule has 0 saturated carbocycles. The van der Waals surface area contributed by atoms with Crippen LogP contribution in [-0.4, -0.2) is 12.4 Å². The molecule has 0 fully saturated rings. The van der Waals surface area contributed by atoms with Crippen LogP contribution in [0.2, 0.25) is 0 Å². The summed E-state index contributed by atoms with van der Waals surface area (Å²) in [7, 11) is 0. The van der Waals surface area contributed by atoms with Gasteiger partial charge in [0, 0.05) is 12.0 Å². The fraction of sp³-hybridized carbons (Fsp3) is 0.632. The number of ether oxygens (including phenoxy) is 1. The molecule has 0 unspecified atom stereocenters. The fourth-order valence-corrected chi connectivity index (χ4v) is 2.49. The molecule has 0 N–H and O–H groups in total. The van der Waals surface area contributed by atoms with Gasteiger partial charge in [-0.1, -0.05) is 64.0 Å². The molecule has 0 spiro atoms. The lowest BCUT2D eigenvalue weighted by molar-refractivity contribution is 0.0978. The number of carbonyl (C=O) groups is 1. The molecule has 0 atom stereocenters. The first-order valence-electron chi connectivity index (χ1n) is 8.54. The second-order valence-electron chi connectivity index (χ2n) is 5.61. The highest BCUT2D eigenvalue weighted by Crippen LogP contribution is 2.16. The zero-order valence-corrected chi connectivity index (χ0v) is 13.7. The molecular formula is C19H30O2. The van der Waals surface area contributed by atoms with Gasteiger partial charge in [0.05, 0.1) is 6.61 Å². The van der Waals surface area contributed by atoms with Crippen LogP contribution >= 0.6 is 0 Å². The molecule has 1 rings (SSSR count). The molecular weight excluding hydrogens is 260 g/mol. The molecule has 0 aliphatic rings. The molecule has 118 valence electrons. The summed E-state index contributed by atoms with van der Waals surface area (Å²) in [4.78, 5) is 12.1. The summed E-state index contributed by atoms with van der Waals surface area (Å²) < 4.78 is 5.43. The van der Waals surface area contributed by atoms with Gasteiger partial charge in [-0.2, -0.15) is 0 Å². The minimum absolute atomic E-state index is 0.238. The Hall–Kier alpha value is -1.31. The largest absolute Gasteiger partial charge is 0.494 e. The van der Waals surface area contributed by atoms with Crippen molar-refractivity contribution in [3.63, 3.8) is 0 Å². The van der Waals surface area contributed by atoms with Crippen molar-refractivity contribution in [3.8, 4) is 5.75 Å². The van der Waals surface area contributed by atoms with E-state index in [1.54, 1.807) is 0 Å².